The Morgan fingerprint density at radius 3 is 2.86 bits per heavy atom. The molecule has 1 aromatic heterocycles. The van der Waals surface area contributed by atoms with Crippen LogP contribution < -0.4 is 5.32 Å². The van der Waals surface area contributed by atoms with Crippen molar-refractivity contribution in [2.75, 3.05) is 0 Å². The number of aryl methyl sites for hydroxylation is 1. The summed E-state index contributed by atoms with van der Waals surface area (Å²) >= 11 is 5.72. The predicted molar refractivity (Wildman–Crippen MR) is 82.1 cm³/mol. The third-order valence-electron chi connectivity index (χ3n) is 3.19. The van der Waals surface area contributed by atoms with E-state index in [0.717, 1.165) is 5.76 Å². The summed E-state index contributed by atoms with van der Waals surface area (Å²) in [6, 6.07) is 7.58. The summed E-state index contributed by atoms with van der Waals surface area (Å²) in [4.78, 5) is 22.3. The van der Waals surface area contributed by atoms with Crippen molar-refractivity contribution >= 4 is 23.2 Å². The van der Waals surface area contributed by atoms with Crippen molar-refractivity contribution in [3.63, 3.8) is 0 Å². The van der Waals surface area contributed by atoms with Gasteiger partial charge in [-0.1, -0.05) is 11.6 Å². The Morgan fingerprint density at radius 2 is 2.23 bits per heavy atom. The molecule has 2 rings (SSSR count). The van der Waals surface area contributed by atoms with Gasteiger partial charge in [0.05, 0.1) is 11.2 Å². The Hall–Kier alpha value is -2.34. The summed E-state index contributed by atoms with van der Waals surface area (Å²) in [5.41, 5.74) is -0.0708. The maximum Gasteiger partial charge on any atom is 0.288 e. The standard InChI is InChI=1S/C15H15ClN2O4/c1-10(4-6-12-3-2-8-22-12)17-15(19)11-5-7-13(16)14(9-11)18(20)21/h2-3,5,7-10H,4,6H2,1H3,(H,17,19)/t10-/m1/s1. The molecule has 6 nitrogen and oxygen atoms in total. The molecule has 22 heavy (non-hydrogen) atoms. The first-order valence-electron chi connectivity index (χ1n) is 6.74. The molecule has 0 saturated carbocycles. The quantitative estimate of drug-likeness (QED) is 0.650. The minimum atomic E-state index is -0.612. The molecule has 0 fully saturated rings. The Balaban J connectivity index is 1.96. The monoisotopic (exact) mass is 322 g/mol. The van der Waals surface area contributed by atoms with Crippen LogP contribution in [0.5, 0.6) is 0 Å². The molecule has 1 aromatic carbocycles. The molecule has 1 atom stereocenters. The summed E-state index contributed by atoms with van der Waals surface area (Å²) in [7, 11) is 0. The van der Waals surface area contributed by atoms with E-state index in [9.17, 15) is 14.9 Å². The van der Waals surface area contributed by atoms with Crippen molar-refractivity contribution in [3.05, 3.63) is 63.1 Å². The third kappa shape index (κ3) is 4.08. The number of hydrogen-bond donors (Lipinski definition) is 1. The SMILES string of the molecule is C[C@H](CCc1ccco1)NC(=O)c1ccc(Cl)c([N+](=O)[O-])c1. The topological polar surface area (TPSA) is 85.4 Å². The number of furan rings is 1. The average molecular weight is 323 g/mol. The molecule has 0 aliphatic carbocycles. The molecule has 0 saturated heterocycles. The molecule has 0 unspecified atom stereocenters. The highest BCUT2D eigenvalue weighted by atomic mass is 35.5. The van der Waals surface area contributed by atoms with Crippen LogP contribution in [0.4, 0.5) is 5.69 Å². The van der Waals surface area contributed by atoms with Gasteiger partial charge in [-0.3, -0.25) is 14.9 Å². The number of nitro groups is 1. The number of amides is 1. The van der Waals surface area contributed by atoms with Crippen molar-refractivity contribution in [2.45, 2.75) is 25.8 Å². The molecule has 0 spiro atoms. The molecule has 1 N–H and O–H groups in total. The highest BCUT2D eigenvalue weighted by molar-refractivity contribution is 6.32. The minimum absolute atomic E-state index is 0.00687. The van der Waals surface area contributed by atoms with E-state index >= 15 is 0 Å². The Labute approximate surface area is 132 Å². The second-order valence-corrected chi connectivity index (χ2v) is 5.32. The molecular formula is C15H15ClN2O4. The zero-order chi connectivity index (χ0) is 16.1. The Kier molecular flexibility index (Phi) is 5.16. The number of halogens is 1. The van der Waals surface area contributed by atoms with Gasteiger partial charge in [-0.25, -0.2) is 0 Å². The first-order chi connectivity index (χ1) is 10.5. The molecule has 0 radical (unpaired) electrons. The fourth-order valence-electron chi connectivity index (χ4n) is 1.99. The predicted octanol–water partition coefficient (Wildman–Crippen LogP) is 3.59. The van der Waals surface area contributed by atoms with Gasteiger partial charge in [0.2, 0.25) is 0 Å². The Bertz CT molecular complexity index is 670. The summed E-state index contributed by atoms with van der Waals surface area (Å²) < 4.78 is 5.23. The lowest BCUT2D eigenvalue weighted by atomic mass is 10.1. The fourth-order valence-corrected chi connectivity index (χ4v) is 2.17. The average Bonchev–Trinajstić information content (AvgIpc) is 2.98. The highest BCUT2D eigenvalue weighted by Gasteiger charge is 2.17. The fraction of sp³-hybridized carbons (Fsp3) is 0.267. The summed E-state index contributed by atoms with van der Waals surface area (Å²) in [5.74, 6) is 0.481. The summed E-state index contributed by atoms with van der Waals surface area (Å²) in [6.45, 7) is 1.87. The third-order valence-corrected chi connectivity index (χ3v) is 3.51. The molecular weight excluding hydrogens is 308 g/mol. The van der Waals surface area contributed by atoms with Crippen molar-refractivity contribution in [2.24, 2.45) is 0 Å². The van der Waals surface area contributed by atoms with Gasteiger partial charge in [-0.05, 0) is 37.6 Å². The smallest absolute Gasteiger partial charge is 0.288 e. The van der Waals surface area contributed by atoms with E-state index in [1.807, 2.05) is 19.1 Å². The van der Waals surface area contributed by atoms with E-state index in [-0.39, 0.29) is 28.2 Å². The van der Waals surface area contributed by atoms with Crippen molar-refractivity contribution in [1.29, 1.82) is 0 Å². The van der Waals surface area contributed by atoms with Crippen LogP contribution in [0.1, 0.15) is 29.5 Å². The number of nitrogens with zero attached hydrogens (tertiary/aromatic N) is 1. The van der Waals surface area contributed by atoms with E-state index in [2.05, 4.69) is 5.32 Å². The van der Waals surface area contributed by atoms with Gasteiger partial charge in [0.15, 0.2) is 0 Å². The molecule has 0 aliphatic rings. The molecule has 1 amide bonds. The van der Waals surface area contributed by atoms with E-state index in [1.54, 1.807) is 6.26 Å². The zero-order valence-electron chi connectivity index (χ0n) is 11.9. The lowest BCUT2D eigenvalue weighted by Crippen LogP contribution is -2.32. The van der Waals surface area contributed by atoms with Crippen LogP contribution in [0.3, 0.4) is 0 Å². The number of nitrogens with one attached hydrogen (secondary N) is 1. The molecule has 1 heterocycles. The first kappa shape index (κ1) is 16.0. The molecule has 7 heteroatoms. The van der Waals surface area contributed by atoms with Crippen LogP contribution >= 0.6 is 11.6 Å². The summed E-state index contributed by atoms with van der Waals surface area (Å²) in [6.07, 6.45) is 3.01. The maximum absolute atomic E-state index is 12.1. The normalized spacial score (nSPS) is 11.9. The van der Waals surface area contributed by atoms with Crippen molar-refractivity contribution in [1.82, 2.24) is 5.32 Å². The van der Waals surface area contributed by atoms with Gasteiger partial charge in [0.25, 0.3) is 11.6 Å². The largest absolute Gasteiger partial charge is 0.469 e. The van der Waals surface area contributed by atoms with Crippen LogP contribution in [0.2, 0.25) is 5.02 Å². The van der Waals surface area contributed by atoms with Crippen LogP contribution in [0.15, 0.2) is 41.0 Å². The number of nitro benzene ring substituents is 1. The molecule has 0 bridgehead atoms. The second-order valence-electron chi connectivity index (χ2n) is 4.92. The first-order valence-corrected chi connectivity index (χ1v) is 7.12. The van der Waals surface area contributed by atoms with E-state index in [1.165, 1.54) is 18.2 Å². The number of hydrogen-bond acceptors (Lipinski definition) is 4. The van der Waals surface area contributed by atoms with Gasteiger partial charge in [-0.2, -0.15) is 0 Å². The van der Waals surface area contributed by atoms with E-state index < -0.39 is 4.92 Å². The zero-order valence-corrected chi connectivity index (χ0v) is 12.7. The van der Waals surface area contributed by atoms with Gasteiger partial charge in [0.1, 0.15) is 10.8 Å². The van der Waals surface area contributed by atoms with Crippen LogP contribution in [0, 0.1) is 10.1 Å². The van der Waals surface area contributed by atoms with Crippen LogP contribution in [-0.4, -0.2) is 16.9 Å². The lowest BCUT2D eigenvalue weighted by Gasteiger charge is -2.13. The number of carbonyl (C=O) groups excluding carboxylic acids is 1. The highest BCUT2D eigenvalue weighted by Crippen LogP contribution is 2.25. The maximum atomic E-state index is 12.1. The number of rotatable bonds is 6. The van der Waals surface area contributed by atoms with Gasteiger partial charge >= 0.3 is 0 Å². The number of benzene rings is 1. The second kappa shape index (κ2) is 7.09. The van der Waals surface area contributed by atoms with Gasteiger partial charge < -0.3 is 9.73 Å². The van der Waals surface area contributed by atoms with E-state index in [4.69, 9.17) is 16.0 Å². The summed E-state index contributed by atoms with van der Waals surface area (Å²) in [5, 5.41) is 13.6. The van der Waals surface area contributed by atoms with Crippen molar-refractivity contribution in [3.8, 4) is 0 Å². The van der Waals surface area contributed by atoms with Gasteiger partial charge in [0, 0.05) is 24.1 Å². The van der Waals surface area contributed by atoms with E-state index in [0.29, 0.717) is 12.8 Å². The molecule has 0 aliphatic heterocycles. The van der Waals surface area contributed by atoms with Crippen molar-refractivity contribution < 1.29 is 14.1 Å². The molecule has 116 valence electrons. The van der Waals surface area contributed by atoms with Crippen LogP contribution in [0.25, 0.3) is 0 Å². The minimum Gasteiger partial charge on any atom is -0.469 e. The van der Waals surface area contributed by atoms with Crippen LogP contribution in [-0.2, 0) is 6.42 Å². The van der Waals surface area contributed by atoms with Gasteiger partial charge in [-0.15, -0.1) is 0 Å². The molecule has 2 aromatic rings. The number of carbonyl (C=O) groups is 1. The Morgan fingerprint density at radius 1 is 1.45 bits per heavy atom. The lowest BCUT2D eigenvalue weighted by molar-refractivity contribution is -0.384.